The van der Waals surface area contributed by atoms with Crippen LogP contribution in [-0.2, 0) is 0 Å². The molecule has 0 saturated heterocycles. The summed E-state index contributed by atoms with van der Waals surface area (Å²) in [6.45, 7) is 3.24. The molecule has 1 rings (SSSR count). The topological polar surface area (TPSA) is 43.4 Å². The lowest BCUT2D eigenvalue weighted by Gasteiger charge is -2.08. The SMILES string of the molecule is COc1cc(C(C)=O)cc(C=O)c1C. The highest BCUT2D eigenvalue weighted by Gasteiger charge is 2.09. The van der Waals surface area contributed by atoms with Crippen LogP contribution in [0.15, 0.2) is 12.1 Å². The zero-order valence-corrected chi connectivity index (χ0v) is 8.46. The van der Waals surface area contributed by atoms with Crippen LogP contribution < -0.4 is 4.74 Å². The molecule has 74 valence electrons. The van der Waals surface area contributed by atoms with E-state index in [2.05, 4.69) is 0 Å². The molecular formula is C11H12O3. The van der Waals surface area contributed by atoms with Crippen molar-refractivity contribution in [2.45, 2.75) is 13.8 Å². The first-order chi connectivity index (χ1) is 6.60. The van der Waals surface area contributed by atoms with Crippen LogP contribution in [0.3, 0.4) is 0 Å². The lowest BCUT2D eigenvalue weighted by atomic mass is 10.0. The van der Waals surface area contributed by atoms with Gasteiger partial charge >= 0.3 is 0 Å². The monoisotopic (exact) mass is 192 g/mol. The van der Waals surface area contributed by atoms with Crippen LogP contribution in [0.25, 0.3) is 0 Å². The number of benzene rings is 1. The van der Waals surface area contributed by atoms with Crippen molar-refractivity contribution in [2.75, 3.05) is 7.11 Å². The van der Waals surface area contributed by atoms with Gasteiger partial charge in [-0.3, -0.25) is 9.59 Å². The van der Waals surface area contributed by atoms with Crippen molar-refractivity contribution < 1.29 is 14.3 Å². The molecule has 0 saturated carbocycles. The third kappa shape index (κ3) is 1.82. The van der Waals surface area contributed by atoms with E-state index in [4.69, 9.17) is 4.74 Å². The quantitative estimate of drug-likeness (QED) is 0.543. The number of hydrogen-bond donors (Lipinski definition) is 0. The Labute approximate surface area is 82.7 Å². The van der Waals surface area contributed by atoms with Crippen molar-refractivity contribution in [3.8, 4) is 5.75 Å². The lowest BCUT2D eigenvalue weighted by molar-refractivity contribution is 0.101. The second kappa shape index (κ2) is 4.05. The fourth-order valence-electron chi connectivity index (χ4n) is 1.25. The molecule has 0 aliphatic rings. The number of ketones is 1. The molecule has 3 heteroatoms. The molecule has 0 spiro atoms. The Kier molecular flexibility index (Phi) is 3.02. The average Bonchev–Trinajstić information content (AvgIpc) is 2.17. The first kappa shape index (κ1) is 10.4. The van der Waals surface area contributed by atoms with E-state index in [1.54, 1.807) is 19.1 Å². The van der Waals surface area contributed by atoms with Crippen LogP contribution in [0.5, 0.6) is 5.75 Å². The number of methoxy groups -OCH3 is 1. The first-order valence-corrected chi connectivity index (χ1v) is 4.25. The predicted octanol–water partition coefficient (Wildman–Crippen LogP) is 2.02. The van der Waals surface area contributed by atoms with Gasteiger partial charge in [0.15, 0.2) is 5.78 Å². The molecule has 0 aliphatic heterocycles. The van der Waals surface area contributed by atoms with Gasteiger partial charge in [-0.25, -0.2) is 0 Å². The number of rotatable bonds is 3. The maximum Gasteiger partial charge on any atom is 0.159 e. The molecule has 14 heavy (non-hydrogen) atoms. The lowest BCUT2D eigenvalue weighted by Crippen LogP contribution is -1.99. The molecule has 0 aliphatic carbocycles. The van der Waals surface area contributed by atoms with Gasteiger partial charge in [-0.05, 0) is 26.0 Å². The summed E-state index contributed by atoms with van der Waals surface area (Å²) in [6.07, 6.45) is 0.726. The molecule has 0 radical (unpaired) electrons. The zero-order chi connectivity index (χ0) is 10.7. The molecule has 0 fully saturated rings. The summed E-state index contributed by atoms with van der Waals surface area (Å²) in [7, 11) is 1.51. The molecule has 0 amide bonds. The van der Waals surface area contributed by atoms with Gasteiger partial charge in [0.05, 0.1) is 7.11 Å². The third-order valence-electron chi connectivity index (χ3n) is 2.15. The molecule has 0 heterocycles. The molecule has 3 nitrogen and oxygen atoms in total. The van der Waals surface area contributed by atoms with E-state index in [9.17, 15) is 9.59 Å². The molecule has 0 aromatic heterocycles. The van der Waals surface area contributed by atoms with E-state index in [1.165, 1.54) is 14.0 Å². The molecule has 1 aromatic carbocycles. The summed E-state index contributed by atoms with van der Waals surface area (Å²) in [5.41, 5.74) is 1.75. The van der Waals surface area contributed by atoms with Gasteiger partial charge in [0, 0.05) is 16.7 Å². The Hall–Kier alpha value is -1.64. The fraction of sp³-hybridized carbons (Fsp3) is 0.273. The fourth-order valence-corrected chi connectivity index (χ4v) is 1.25. The van der Waals surface area contributed by atoms with Gasteiger partial charge in [-0.2, -0.15) is 0 Å². The number of aldehydes is 1. The Balaban J connectivity index is 3.39. The summed E-state index contributed by atoms with van der Waals surface area (Å²) < 4.78 is 5.07. The van der Waals surface area contributed by atoms with E-state index >= 15 is 0 Å². The van der Waals surface area contributed by atoms with Gasteiger partial charge in [-0.15, -0.1) is 0 Å². The van der Waals surface area contributed by atoms with Crippen LogP contribution in [-0.4, -0.2) is 19.2 Å². The number of carbonyl (C=O) groups is 2. The van der Waals surface area contributed by atoms with Crippen molar-refractivity contribution in [3.05, 3.63) is 28.8 Å². The van der Waals surface area contributed by atoms with Gasteiger partial charge in [0.1, 0.15) is 12.0 Å². The van der Waals surface area contributed by atoms with E-state index in [0.717, 1.165) is 11.8 Å². The van der Waals surface area contributed by atoms with Crippen LogP contribution in [0.4, 0.5) is 0 Å². The minimum atomic E-state index is -0.0774. The largest absolute Gasteiger partial charge is 0.496 e. The second-order valence-electron chi connectivity index (χ2n) is 3.07. The maximum absolute atomic E-state index is 11.1. The Bertz CT molecular complexity index is 380. The van der Waals surface area contributed by atoms with E-state index < -0.39 is 0 Å². The van der Waals surface area contributed by atoms with Crippen molar-refractivity contribution in [1.29, 1.82) is 0 Å². The van der Waals surface area contributed by atoms with Gasteiger partial charge in [0.25, 0.3) is 0 Å². The number of hydrogen-bond acceptors (Lipinski definition) is 3. The Morgan fingerprint density at radius 1 is 1.43 bits per heavy atom. The summed E-state index contributed by atoms with van der Waals surface area (Å²) in [5, 5.41) is 0. The molecule has 0 atom stereocenters. The second-order valence-corrected chi connectivity index (χ2v) is 3.07. The zero-order valence-electron chi connectivity index (χ0n) is 8.46. The van der Waals surface area contributed by atoms with E-state index in [1.807, 2.05) is 0 Å². The van der Waals surface area contributed by atoms with Crippen LogP contribution in [0.1, 0.15) is 33.2 Å². The Morgan fingerprint density at radius 3 is 2.50 bits per heavy atom. The molecule has 0 unspecified atom stereocenters. The third-order valence-corrected chi connectivity index (χ3v) is 2.15. The molecule has 0 bridgehead atoms. The summed E-state index contributed by atoms with van der Waals surface area (Å²) in [5.74, 6) is 0.492. The highest BCUT2D eigenvalue weighted by Crippen LogP contribution is 2.22. The van der Waals surface area contributed by atoms with Crippen molar-refractivity contribution >= 4 is 12.1 Å². The van der Waals surface area contributed by atoms with Crippen molar-refractivity contribution in [1.82, 2.24) is 0 Å². The van der Waals surface area contributed by atoms with Crippen molar-refractivity contribution in [2.24, 2.45) is 0 Å². The van der Waals surface area contributed by atoms with Gasteiger partial charge in [0.2, 0.25) is 0 Å². The first-order valence-electron chi connectivity index (χ1n) is 4.25. The average molecular weight is 192 g/mol. The number of Topliss-reactive ketones (excluding diaryl/α,β-unsaturated/α-hetero) is 1. The van der Waals surface area contributed by atoms with Crippen LogP contribution in [0, 0.1) is 6.92 Å². The van der Waals surface area contributed by atoms with E-state index in [0.29, 0.717) is 16.9 Å². The highest BCUT2D eigenvalue weighted by atomic mass is 16.5. The minimum Gasteiger partial charge on any atom is -0.496 e. The smallest absolute Gasteiger partial charge is 0.159 e. The Morgan fingerprint density at radius 2 is 2.07 bits per heavy atom. The molecular weight excluding hydrogens is 180 g/mol. The predicted molar refractivity (Wildman–Crippen MR) is 53.1 cm³/mol. The normalized spacial score (nSPS) is 9.64. The van der Waals surface area contributed by atoms with Crippen molar-refractivity contribution in [3.63, 3.8) is 0 Å². The summed E-state index contributed by atoms with van der Waals surface area (Å²) in [6, 6.07) is 3.22. The van der Waals surface area contributed by atoms with E-state index in [-0.39, 0.29) is 5.78 Å². The molecule has 0 N–H and O–H groups in total. The summed E-state index contributed by atoms with van der Waals surface area (Å²) in [4.78, 5) is 21.8. The van der Waals surface area contributed by atoms with Gasteiger partial charge < -0.3 is 4.74 Å². The van der Waals surface area contributed by atoms with Crippen LogP contribution >= 0.6 is 0 Å². The maximum atomic E-state index is 11.1. The van der Waals surface area contributed by atoms with Crippen LogP contribution in [0.2, 0.25) is 0 Å². The summed E-state index contributed by atoms with van der Waals surface area (Å²) >= 11 is 0. The van der Waals surface area contributed by atoms with Gasteiger partial charge in [-0.1, -0.05) is 0 Å². The molecule has 1 aromatic rings. The highest BCUT2D eigenvalue weighted by molar-refractivity contribution is 5.96. The number of ether oxygens (including phenoxy) is 1. The minimum absolute atomic E-state index is 0.0774. The standard InChI is InChI=1S/C11H12O3/c1-7-10(6-12)4-9(8(2)13)5-11(7)14-3/h4-6H,1-3H3. The number of carbonyl (C=O) groups excluding carboxylic acids is 2.